The Morgan fingerprint density at radius 2 is 1.92 bits per heavy atom. The van der Waals surface area contributed by atoms with E-state index < -0.39 is 5.97 Å². The summed E-state index contributed by atoms with van der Waals surface area (Å²) in [5.41, 5.74) is 1.22. The molecule has 140 valence electrons. The number of aryl methyl sites for hydroxylation is 1. The number of rotatable bonds is 4. The molecule has 0 radical (unpaired) electrons. The number of nitrogens with zero attached hydrogens (tertiary/aromatic N) is 1. The van der Waals surface area contributed by atoms with Gasteiger partial charge < -0.3 is 23.5 Å². The maximum absolute atomic E-state index is 12.4. The molecular weight excluding hydrogens is 338 g/mol. The largest absolute Gasteiger partial charge is 0.497 e. The lowest BCUT2D eigenvalue weighted by Crippen LogP contribution is -2.49. The molecule has 0 unspecified atom stereocenters. The first-order chi connectivity index (χ1) is 12.4. The molecule has 1 fully saturated rings. The van der Waals surface area contributed by atoms with Gasteiger partial charge in [0.1, 0.15) is 11.3 Å². The van der Waals surface area contributed by atoms with E-state index in [1.165, 1.54) is 0 Å². The third-order valence-electron chi connectivity index (χ3n) is 4.43. The molecule has 1 aliphatic rings. The SMILES string of the molecule is COc1ccc2oc(C(=O)OCC(=O)N3C[C@@H](C)O[C@@H](C)C3)c(C)c2c1. The van der Waals surface area contributed by atoms with Crippen LogP contribution >= 0.6 is 0 Å². The van der Waals surface area contributed by atoms with Crippen molar-refractivity contribution >= 4 is 22.8 Å². The highest BCUT2D eigenvalue weighted by atomic mass is 16.5. The van der Waals surface area contributed by atoms with Crippen LogP contribution in [0.5, 0.6) is 5.75 Å². The number of esters is 1. The van der Waals surface area contributed by atoms with Gasteiger partial charge in [0.25, 0.3) is 5.91 Å². The monoisotopic (exact) mass is 361 g/mol. The molecule has 1 amide bonds. The number of ether oxygens (including phenoxy) is 3. The summed E-state index contributed by atoms with van der Waals surface area (Å²) in [6.45, 7) is 6.25. The summed E-state index contributed by atoms with van der Waals surface area (Å²) in [6.07, 6.45) is -0.0722. The number of benzene rings is 1. The Labute approximate surface area is 151 Å². The van der Waals surface area contributed by atoms with Crippen LogP contribution in [0.1, 0.15) is 30.0 Å². The van der Waals surface area contributed by atoms with E-state index in [1.54, 1.807) is 37.1 Å². The third kappa shape index (κ3) is 3.67. The lowest BCUT2D eigenvalue weighted by molar-refractivity contribution is -0.146. The number of hydrogen-bond acceptors (Lipinski definition) is 6. The molecule has 1 saturated heterocycles. The fourth-order valence-corrected chi connectivity index (χ4v) is 3.19. The van der Waals surface area contributed by atoms with Crippen molar-refractivity contribution in [1.82, 2.24) is 4.90 Å². The minimum absolute atomic E-state index is 0.0361. The van der Waals surface area contributed by atoms with E-state index in [1.807, 2.05) is 13.8 Å². The Kier molecular flexibility index (Phi) is 5.18. The summed E-state index contributed by atoms with van der Waals surface area (Å²) in [6, 6.07) is 5.29. The Morgan fingerprint density at radius 3 is 2.58 bits per heavy atom. The molecule has 0 saturated carbocycles. The first-order valence-corrected chi connectivity index (χ1v) is 8.56. The second-order valence-electron chi connectivity index (χ2n) is 6.55. The van der Waals surface area contributed by atoms with Crippen molar-refractivity contribution in [3.05, 3.63) is 29.5 Å². The van der Waals surface area contributed by atoms with Crippen LogP contribution in [0.3, 0.4) is 0 Å². The van der Waals surface area contributed by atoms with Gasteiger partial charge in [-0.1, -0.05) is 0 Å². The van der Waals surface area contributed by atoms with Gasteiger partial charge in [0, 0.05) is 24.0 Å². The van der Waals surface area contributed by atoms with E-state index in [9.17, 15) is 9.59 Å². The molecule has 0 aliphatic carbocycles. The number of carbonyl (C=O) groups is 2. The molecule has 1 aliphatic heterocycles. The number of amides is 1. The summed E-state index contributed by atoms with van der Waals surface area (Å²) in [7, 11) is 1.57. The van der Waals surface area contributed by atoms with Crippen LogP contribution in [-0.2, 0) is 14.3 Å². The van der Waals surface area contributed by atoms with Crippen molar-refractivity contribution in [2.24, 2.45) is 0 Å². The summed E-state index contributed by atoms with van der Waals surface area (Å²) in [5, 5.41) is 0.776. The molecule has 2 aromatic rings. The molecule has 3 rings (SSSR count). The predicted molar refractivity (Wildman–Crippen MR) is 94.4 cm³/mol. The summed E-state index contributed by atoms with van der Waals surface area (Å²) >= 11 is 0. The van der Waals surface area contributed by atoms with Gasteiger partial charge >= 0.3 is 5.97 Å². The molecule has 0 bridgehead atoms. The van der Waals surface area contributed by atoms with Crippen molar-refractivity contribution in [1.29, 1.82) is 0 Å². The molecule has 2 atom stereocenters. The van der Waals surface area contributed by atoms with Gasteiger partial charge in [0.15, 0.2) is 6.61 Å². The number of furan rings is 1. The Hall–Kier alpha value is -2.54. The van der Waals surface area contributed by atoms with Crippen LogP contribution < -0.4 is 4.74 Å². The van der Waals surface area contributed by atoms with Crippen LogP contribution in [0.25, 0.3) is 11.0 Å². The maximum atomic E-state index is 12.4. The zero-order valence-corrected chi connectivity index (χ0v) is 15.4. The van der Waals surface area contributed by atoms with Crippen molar-refractivity contribution in [3.63, 3.8) is 0 Å². The normalized spacial score (nSPS) is 20.2. The summed E-state index contributed by atoms with van der Waals surface area (Å²) < 4.78 is 21.6. The van der Waals surface area contributed by atoms with E-state index in [2.05, 4.69) is 0 Å². The predicted octanol–water partition coefficient (Wildman–Crippen LogP) is 2.54. The standard InChI is InChI=1S/C19H23NO6/c1-11-8-20(9-12(2)25-11)17(21)10-24-19(22)18-13(3)15-7-14(23-4)5-6-16(15)26-18/h5-7,11-12H,8-10H2,1-4H3/t11-,12+. The molecule has 26 heavy (non-hydrogen) atoms. The summed E-state index contributed by atoms with van der Waals surface area (Å²) in [5.74, 6) is -0.118. The molecule has 1 aromatic heterocycles. The fourth-order valence-electron chi connectivity index (χ4n) is 3.19. The zero-order chi connectivity index (χ0) is 18.8. The zero-order valence-electron chi connectivity index (χ0n) is 15.4. The number of carbonyl (C=O) groups excluding carboxylic acids is 2. The van der Waals surface area contributed by atoms with Crippen molar-refractivity contribution < 1.29 is 28.2 Å². The minimum atomic E-state index is -0.652. The van der Waals surface area contributed by atoms with Crippen LogP contribution in [0, 0.1) is 6.92 Å². The van der Waals surface area contributed by atoms with Crippen molar-refractivity contribution in [3.8, 4) is 5.75 Å². The fraction of sp³-hybridized carbons (Fsp3) is 0.474. The van der Waals surface area contributed by atoms with Crippen LogP contribution in [0.4, 0.5) is 0 Å². The maximum Gasteiger partial charge on any atom is 0.375 e. The quantitative estimate of drug-likeness (QED) is 0.779. The van der Waals surface area contributed by atoms with E-state index in [-0.39, 0.29) is 30.5 Å². The molecule has 7 nitrogen and oxygen atoms in total. The van der Waals surface area contributed by atoms with Crippen LogP contribution in [-0.4, -0.2) is 55.8 Å². The second-order valence-corrected chi connectivity index (χ2v) is 6.55. The van der Waals surface area contributed by atoms with E-state index in [0.717, 1.165) is 5.39 Å². The van der Waals surface area contributed by atoms with Gasteiger partial charge in [-0.25, -0.2) is 4.79 Å². The lowest BCUT2D eigenvalue weighted by atomic mass is 10.1. The average molecular weight is 361 g/mol. The van der Waals surface area contributed by atoms with Gasteiger partial charge in [-0.05, 0) is 39.0 Å². The van der Waals surface area contributed by atoms with Gasteiger partial charge in [-0.15, -0.1) is 0 Å². The number of methoxy groups -OCH3 is 1. The second kappa shape index (κ2) is 7.37. The highest BCUT2D eigenvalue weighted by Gasteiger charge is 2.27. The Morgan fingerprint density at radius 1 is 1.23 bits per heavy atom. The smallest absolute Gasteiger partial charge is 0.375 e. The number of fused-ring (bicyclic) bond motifs is 1. The average Bonchev–Trinajstić information content (AvgIpc) is 2.94. The molecule has 1 aromatic carbocycles. The summed E-state index contributed by atoms with van der Waals surface area (Å²) in [4.78, 5) is 26.3. The van der Waals surface area contributed by atoms with E-state index in [4.69, 9.17) is 18.6 Å². The molecular formula is C19H23NO6. The van der Waals surface area contributed by atoms with Crippen molar-refractivity contribution in [2.75, 3.05) is 26.8 Å². The minimum Gasteiger partial charge on any atom is -0.497 e. The van der Waals surface area contributed by atoms with Crippen LogP contribution in [0.15, 0.2) is 22.6 Å². The van der Waals surface area contributed by atoms with Gasteiger partial charge in [-0.3, -0.25) is 4.79 Å². The van der Waals surface area contributed by atoms with Gasteiger partial charge in [0.2, 0.25) is 5.76 Å². The molecule has 7 heteroatoms. The third-order valence-corrected chi connectivity index (χ3v) is 4.43. The van der Waals surface area contributed by atoms with Gasteiger partial charge in [0.05, 0.1) is 19.3 Å². The molecule has 0 N–H and O–H groups in total. The van der Waals surface area contributed by atoms with Crippen molar-refractivity contribution in [2.45, 2.75) is 33.0 Å². The Balaban J connectivity index is 1.67. The number of morpholine rings is 1. The highest BCUT2D eigenvalue weighted by molar-refractivity contribution is 5.97. The van der Waals surface area contributed by atoms with Crippen LogP contribution in [0.2, 0.25) is 0 Å². The molecule has 2 heterocycles. The van der Waals surface area contributed by atoms with E-state index in [0.29, 0.717) is 30.0 Å². The first-order valence-electron chi connectivity index (χ1n) is 8.56. The first kappa shape index (κ1) is 18.3. The Bertz CT molecular complexity index is 817. The highest BCUT2D eigenvalue weighted by Crippen LogP contribution is 2.29. The van der Waals surface area contributed by atoms with Gasteiger partial charge in [-0.2, -0.15) is 0 Å². The topological polar surface area (TPSA) is 78.2 Å². The number of hydrogen-bond donors (Lipinski definition) is 0. The molecule has 0 spiro atoms. The lowest BCUT2D eigenvalue weighted by Gasteiger charge is -2.35. The van der Waals surface area contributed by atoms with E-state index >= 15 is 0 Å².